The Balaban J connectivity index is 2.06. The van der Waals surface area contributed by atoms with Gasteiger partial charge in [-0.05, 0) is 19.1 Å². The Hall–Kier alpha value is -1.33. The number of aromatic nitrogens is 1. The van der Waals surface area contributed by atoms with Gasteiger partial charge in [-0.25, -0.2) is 4.98 Å². The van der Waals surface area contributed by atoms with Crippen LogP contribution in [0.25, 0.3) is 0 Å². The summed E-state index contributed by atoms with van der Waals surface area (Å²) in [6.07, 6.45) is 1.16. The fourth-order valence-corrected chi connectivity index (χ4v) is 1.79. The predicted molar refractivity (Wildman–Crippen MR) is 62.3 cm³/mol. The van der Waals surface area contributed by atoms with E-state index in [0.29, 0.717) is 19.0 Å². The Morgan fingerprint density at radius 3 is 3.06 bits per heavy atom. The third-order valence-corrected chi connectivity index (χ3v) is 2.77. The minimum Gasteiger partial charge on any atom is -0.391 e. The summed E-state index contributed by atoms with van der Waals surface area (Å²) in [7, 11) is 0. The van der Waals surface area contributed by atoms with E-state index < -0.39 is 6.10 Å². The van der Waals surface area contributed by atoms with Crippen LogP contribution in [0.3, 0.4) is 0 Å². The first kappa shape index (κ1) is 11.2. The number of rotatable bonds is 2. The van der Waals surface area contributed by atoms with Crippen molar-refractivity contribution >= 4 is 11.5 Å². The second kappa shape index (κ2) is 4.67. The first-order valence-corrected chi connectivity index (χ1v) is 5.43. The van der Waals surface area contributed by atoms with Crippen molar-refractivity contribution in [2.45, 2.75) is 19.1 Å². The summed E-state index contributed by atoms with van der Waals surface area (Å²) in [6.45, 7) is 3.87. The van der Waals surface area contributed by atoms with Crippen molar-refractivity contribution in [1.29, 1.82) is 0 Å². The average Bonchev–Trinajstić information content (AvgIpc) is 2.30. The molecule has 1 saturated heterocycles. The van der Waals surface area contributed by atoms with Crippen LogP contribution in [-0.2, 0) is 4.74 Å². The minimum atomic E-state index is -0.454. The molecule has 2 atom stereocenters. The fourth-order valence-electron chi connectivity index (χ4n) is 1.79. The molecule has 2 rings (SSSR count). The van der Waals surface area contributed by atoms with E-state index in [1.54, 1.807) is 19.2 Å². The van der Waals surface area contributed by atoms with E-state index in [2.05, 4.69) is 9.88 Å². The second-order valence-electron chi connectivity index (χ2n) is 4.04. The quantitative estimate of drug-likeness (QED) is 0.752. The van der Waals surface area contributed by atoms with Gasteiger partial charge in [-0.15, -0.1) is 0 Å². The standard InChI is InChI=1S/C11H17N3O2/c1-8(15)10-7-14(4-5-16-10)9-2-3-11(12)13-6-9/h2-3,6,8,10,15H,4-5,7H2,1H3,(H2,12,13). The minimum absolute atomic E-state index is 0.133. The zero-order valence-electron chi connectivity index (χ0n) is 9.34. The highest BCUT2D eigenvalue weighted by Gasteiger charge is 2.24. The first-order valence-electron chi connectivity index (χ1n) is 5.43. The van der Waals surface area contributed by atoms with Gasteiger partial charge >= 0.3 is 0 Å². The zero-order valence-corrected chi connectivity index (χ0v) is 9.34. The molecule has 0 saturated carbocycles. The van der Waals surface area contributed by atoms with Gasteiger partial charge in [0.2, 0.25) is 0 Å². The van der Waals surface area contributed by atoms with Crippen LogP contribution in [0, 0.1) is 0 Å². The lowest BCUT2D eigenvalue weighted by atomic mass is 10.2. The molecule has 1 aromatic rings. The zero-order chi connectivity index (χ0) is 11.5. The van der Waals surface area contributed by atoms with Gasteiger partial charge in [0.15, 0.2) is 0 Å². The van der Waals surface area contributed by atoms with Crippen molar-refractivity contribution in [2.24, 2.45) is 0 Å². The number of hydrogen-bond donors (Lipinski definition) is 2. The van der Waals surface area contributed by atoms with Gasteiger partial charge in [0.05, 0.1) is 24.6 Å². The number of aliphatic hydroxyl groups excluding tert-OH is 1. The third-order valence-electron chi connectivity index (χ3n) is 2.77. The Kier molecular flexibility index (Phi) is 3.26. The molecule has 1 aromatic heterocycles. The molecule has 88 valence electrons. The van der Waals surface area contributed by atoms with Crippen LogP contribution < -0.4 is 10.6 Å². The van der Waals surface area contributed by atoms with Crippen LogP contribution in [0.5, 0.6) is 0 Å². The maximum atomic E-state index is 9.50. The van der Waals surface area contributed by atoms with Crippen molar-refractivity contribution < 1.29 is 9.84 Å². The first-order chi connectivity index (χ1) is 7.66. The number of nitrogens with two attached hydrogens (primary N) is 1. The Labute approximate surface area is 94.8 Å². The van der Waals surface area contributed by atoms with Crippen LogP contribution in [-0.4, -0.2) is 42.0 Å². The molecule has 0 amide bonds. The van der Waals surface area contributed by atoms with Gasteiger partial charge < -0.3 is 20.5 Å². The predicted octanol–water partition coefficient (Wildman–Crippen LogP) is 0.250. The van der Waals surface area contributed by atoms with E-state index in [9.17, 15) is 5.11 Å². The van der Waals surface area contributed by atoms with Gasteiger partial charge in [-0.3, -0.25) is 0 Å². The van der Waals surface area contributed by atoms with Gasteiger partial charge in [0.1, 0.15) is 11.9 Å². The molecule has 3 N–H and O–H groups in total. The van der Waals surface area contributed by atoms with Gasteiger partial charge in [0.25, 0.3) is 0 Å². The molecule has 0 bridgehead atoms. The number of nitrogens with zero attached hydrogens (tertiary/aromatic N) is 2. The molecular weight excluding hydrogens is 206 g/mol. The lowest BCUT2D eigenvalue weighted by molar-refractivity contribution is -0.0364. The van der Waals surface area contributed by atoms with Gasteiger partial charge in [0, 0.05) is 13.1 Å². The Morgan fingerprint density at radius 1 is 1.62 bits per heavy atom. The van der Waals surface area contributed by atoms with Gasteiger partial charge in [-0.2, -0.15) is 0 Å². The van der Waals surface area contributed by atoms with Crippen LogP contribution >= 0.6 is 0 Å². The Morgan fingerprint density at radius 2 is 2.44 bits per heavy atom. The van der Waals surface area contributed by atoms with Crippen LogP contribution in [0.2, 0.25) is 0 Å². The number of hydrogen-bond acceptors (Lipinski definition) is 5. The van der Waals surface area contributed by atoms with E-state index in [0.717, 1.165) is 12.2 Å². The molecule has 2 heterocycles. The summed E-state index contributed by atoms with van der Waals surface area (Å²) in [4.78, 5) is 6.20. The highest BCUT2D eigenvalue weighted by Crippen LogP contribution is 2.18. The van der Waals surface area contributed by atoms with Crippen LogP contribution in [0.15, 0.2) is 18.3 Å². The monoisotopic (exact) mass is 223 g/mol. The number of aliphatic hydroxyl groups is 1. The third kappa shape index (κ3) is 2.43. The highest BCUT2D eigenvalue weighted by molar-refractivity contribution is 5.48. The summed E-state index contributed by atoms with van der Waals surface area (Å²) < 4.78 is 5.48. The molecule has 0 aliphatic carbocycles. The SMILES string of the molecule is CC(O)C1CN(c2ccc(N)nc2)CCO1. The van der Waals surface area contributed by atoms with Crippen LogP contribution in [0.1, 0.15) is 6.92 Å². The van der Waals surface area contributed by atoms with Crippen molar-refractivity contribution in [2.75, 3.05) is 30.3 Å². The molecule has 5 heteroatoms. The molecule has 0 spiro atoms. The molecule has 16 heavy (non-hydrogen) atoms. The summed E-state index contributed by atoms with van der Waals surface area (Å²) in [5.41, 5.74) is 6.55. The molecular formula is C11H17N3O2. The number of pyridine rings is 1. The van der Waals surface area contributed by atoms with E-state index in [-0.39, 0.29) is 6.10 Å². The second-order valence-corrected chi connectivity index (χ2v) is 4.04. The van der Waals surface area contributed by atoms with E-state index in [1.165, 1.54) is 0 Å². The number of morpholine rings is 1. The number of nitrogen functional groups attached to an aromatic ring is 1. The van der Waals surface area contributed by atoms with E-state index >= 15 is 0 Å². The Bertz CT molecular complexity index is 340. The number of ether oxygens (including phenoxy) is 1. The van der Waals surface area contributed by atoms with Crippen molar-refractivity contribution in [3.8, 4) is 0 Å². The summed E-state index contributed by atoms with van der Waals surface area (Å²) in [6, 6.07) is 3.72. The molecule has 5 nitrogen and oxygen atoms in total. The highest BCUT2D eigenvalue weighted by atomic mass is 16.5. The van der Waals surface area contributed by atoms with E-state index in [4.69, 9.17) is 10.5 Å². The van der Waals surface area contributed by atoms with Crippen LogP contribution in [0.4, 0.5) is 11.5 Å². The maximum absolute atomic E-state index is 9.50. The van der Waals surface area contributed by atoms with E-state index in [1.807, 2.05) is 6.07 Å². The summed E-state index contributed by atoms with van der Waals surface area (Å²) in [5.74, 6) is 0.518. The molecule has 2 unspecified atom stereocenters. The van der Waals surface area contributed by atoms with Crippen molar-refractivity contribution in [3.63, 3.8) is 0 Å². The van der Waals surface area contributed by atoms with Gasteiger partial charge in [-0.1, -0.05) is 0 Å². The molecule has 1 fully saturated rings. The summed E-state index contributed by atoms with van der Waals surface area (Å²) >= 11 is 0. The molecule has 1 aliphatic heterocycles. The average molecular weight is 223 g/mol. The summed E-state index contributed by atoms with van der Waals surface area (Å²) in [5, 5.41) is 9.50. The molecule has 0 aromatic carbocycles. The molecule has 1 aliphatic rings. The lowest BCUT2D eigenvalue weighted by Crippen LogP contribution is -2.47. The van der Waals surface area contributed by atoms with Crippen molar-refractivity contribution in [1.82, 2.24) is 4.98 Å². The smallest absolute Gasteiger partial charge is 0.123 e. The topological polar surface area (TPSA) is 71.6 Å². The fraction of sp³-hybridized carbons (Fsp3) is 0.545. The number of anilines is 2. The normalized spacial score (nSPS) is 23.1. The molecule has 0 radical (unpaired) electrons. The maximum Gasteiger partial charge on any atom is 0.123 e. The largest absolute Gasteiger partial charge is 0.391 e. The van der Waals surface area contributed by atoms with Crippen molar-refractivity contribution in [3.05, 3.63) is 18.3 Å². The lowest BCUT2D eigenvalue weighted by Gasteiger charge is -2.35.